The molecular weight excluding hydrogens is 204 g/mol. The van der Waals surface area contributed by atoms with Crippen molar-refractivity contribution >= 4 is 11.3 Å². The maximum atomic E-state index is 5.29. The molecule has 0 fully saturated rings. The summed E-state index contributed by atoms with van der Waals surface area (Å²) < 4.78 is 5.29. The molecule has 1 nitrogen and oxygen atoms in total. The molecule has 2 aromatic rings. The molecule has 0 radical (unpaired) electrons. The molecule has 1 aromatic heterocycles. The van der Waals surface area contributed by atoms with Crippen molar-refractivity contribution in [2.24, 2.45) is 0 Å². The molecule has 15 heavy (non-hydrogen) atoms. The fraction of sp³-hybridized carbons (Fsp3) is 0.231. The van der Waals surface area contributed by atoms with E-state index in [0.29, 0.717) is 0 Å². The van der Waals surface area contributed by atoms with Crippen LogP contribution in [0.4, 0.5) is 0 Å². The van der Waals surface area contributed by atoms with Gasteiger partial charge in [-0.2, -0.15) is 0 Å². The zero-order valence-corrected chi connectivity index (χ0v) is 10.0. The van der Waals surface area contributed by atoms with E-state index < -0.39 is 0 Å². The van der Waals surface area contributed by atoms with Gasteiger partial charge in [0.15, 0.2) is 5.06 Å². The van der Waals surface area contributed by atoms with Crippen molar-refractivity contribution in [3.8, 4) is 15.5 Å². The van der Waals surface area contributed by atoms with E-state index in [4.69, 9.17) is 4.74 Å². The van der Waals surface area contributed by atoms with Crippen LogP contribution in [0.5, 0.6) is 5.06 Å². The third-order valence-corrected chi connectivity index (χ3v) is 3.64. The summed E-state index contributed by atoms with van der Waals surface area (Å²) in [6.45, 7) is 4.18. The molecule has 0 saturated carbocycles. The molecular formula is C13H14OS. The molecule has 78 valence electrons. The fourth-order valence-corrected chi connectivity index (χ4v) is 2.52. The lowest BCUT2D eigenvalue weighted by molar-refractivity contribution is 0.424. The number of rotatable bonds is 2. The molecule has 0 unspecified atom stereocenters. The SMILES string of the molecule is COc1sc(-c2ccc(C)cc2)cc1C. The highest BCUT2D eigenvalue weighted by Crippen LogP contribution is 2.36. The van der Waals surface area contributed by atoms with Crippen LogP contribution in [0.3, 0.4) is 0 Å². The van der Waals surface area contributed by atoms with E-state index in [2.05, 4.69) is 44.2 Å². The Morgan fingerprint density at radius 2 is 1.73 bits per heavy atom. The second kappa shape index (κ2) is 4.07. The third-order valence-electron chi connectivity index (χ3n) is 2.39. The van der Waals surface area contributed by atoms with E-state index in [9.17, 15) is 0 Å². The number of ether oxygens (including phenoxy) is 1. The molecule has 0 aliphatic carbocycles. The van der Waals surface area contributed by atoms with Gasteiger partial charge >= 0.3 is 0 Å². The van der Waals surface area contributed by atoms with E-state index >= 15 is 0 Å². The van der Waals surface area contributed by atoms with E-state index in [-0.39, 0.29) is 0 Å². The first-order valence-corrected chi connectivity index (χ1v) is 5.74. The molecule has 0 saturated heterocycles. The third kappa shape index (κ3) is 2.05. The van der Waals surface area contributed by atoms with Crippen molar-refractivity contribution in [1.82, 2.24) is 0 Å². The summed E-state index contributed by atoms with van der Waals surface area (Å²) in [6, 6.07) is 10.8. The van der Waals surface area contributed by atoms with Gasteiger partial charge < -0.3 is 4.74 Å². The first kappa shape index (κ1) is 10.2. The minimum absolute atomic E-state index is 1.01. The smallest absolute Gasteiger partial charge is 0.176 e. The van der Waals surface area contributed by atoms with Crippen LogP contribution in [0.25, 0.3) is 10.4 Å². The van der Waals surface area contributed by atoms with Crippen molar-refractivity contribution < 1.29 is 4.74 Å². The van der Waals surface area contributed by atoms with Gasteiger partial charge in [-0.05, 0) is 25.5 Å². The van der Waals surface area contributed by atoms with Gasteiger partial charge in [0.2, 0.25) is 0 Å². The van der Waals surface area contributed by atoms with Gasteiger partial charge in [0.25, 0.3) is 0 Å². The van der Waals surface area contributed by atoms with Crippen LogP contribution in [0.1, 0.15) is 11.1 Å². The highest BCUT2D eigenvalue weighted by molar-refractivity contribution is 7.17. The average Bonchev–Trinajstić information content (AvgIpc) is 2.61. The highest BCUT2D eigenvalue weighted by Gasteiger charge is 2.06. The van der Waals surface area contributed by atoms with Gasteiger partial charge in [-0.15, -0.1) is 0 Å². The minimum atomic E-state index is 1.01. The van der Waals surface area contributed by atoms with E-state index in [0.717, 1.165) is 5.06 Å². The Morgan fingerprint density at radius 3 is 2.27 bits per heavy atom. The van der Waals surface area contributed by atoms with Crippen LogP contribution in [0.15, 0.2) is 30.3 Å². The molecule has 0 spiro atoms. The first-order chi connectivity index (χ1) is 7.20. The van der Waals surface area contributed by atoms with Crippen LogP contribution >= 0.6 is 11.3 Å². The van der Waals surface area contributed by atoms with Crippen LogP contribution in [-0.2, 0) is 0 Å². The summed E-state index contributed by atoms with van der Waals surface area (Å²) in [5, 5.41) is 1.01. The lowest BCUT2D eigenvalue weighted by Crippen LogP contribution is -1.77. The fourth-order valence-electron chi connectivity index (χ4n) is 1.53. The van der Waals surface area contributed by atoms with Crippen molar-refractivity contribution in [3.05, 3.63) is 41.5 Å². The summed E-state index contributed by atoms with van der Waals surface area (Å²) in [6.07, 6.45) is 0. The van der Waals surface area contributed by atoms with Crippen LogP contribution < -0.4 is 4.74 Å². The number of aryl methyl sites for hydroxylation is 2. The molecule has 2 heteroatoms. The average molecular weight is 218 g/mol. The Balaban J connectivity index is 2.41. The molecule has 1 heterocycles. The highest BCUT2D eigenvalue weighted by atomic mass is 32.1. The second-order valence-electron chi connectivity index (χ2n) is 3.65. The summed E-state index contributed by atoms with van der Waals surface area (Å²) in [5.41, 5.74) is 3.76. The van der Waals surface area contributed by atoms with Gasteiger partial charge in [-0.25, -0.2) is 0 Å². The zero-order chi connectivity index (χ0) is 10.8. The normalized spacial score (nSPS) is 10.3. The second-order valence-corrected chi connectivity index (χ2v) is 4.67. The monoisotopic (exact) mass is 218 g/mol. The quantitative estimate of drug-likeness (QED) is 0.739. The number of thiophene rings is 1. The Kier molecular flexibility index (Phi) is 2.78. The Morgan fingerprint density at radius 1 is 1.07 bits per heavy atom. The number of benzene rings is 1. The Bertz CT molecular complexity index is 454. The number of hydrogen-bond donors (Lipinski definition) is 0. The predicted molar refractivity (Wildman–Crippen MR) is 65.8 cm³/mol. The maximum absolute atomic E-state index is 5.29. The summed E-state index contributed by atoms with van der Waals surface area (Å²) in [4.78, 5) is 1.27. The van der Waals surface area contributed by atoms with Gasteiger partial charge in [-0.1, -0.05) is 41.2 Å². The van der Waals surface area contributed by atoms with Gasteiger partial charge in [0.1, 0.15) is 0 Å². The zero-order valence-electron chi connectivity index (χ0n) is 9.20. The van der Waals surface area contributed by atoms with E-state index in [1.165, 1.54) is 21.6 Å². The lowest BCUT2D eigenvalue weighted by Gasteiger charge is -1.97. The first-order valence-electron chi connectivity index (χ1n) is 4.92. The van der Waals surface area contributed by atoms with Crippen molar-refractivity contribution in [1.29, 1.82) is 0 Å². The number of hydrogen-bond acceptors (Lipinski definition) is 2. The molecule has 0 bridgehead atoms. The van der Waals surface area contributed by atoms with E-state index in [1.807, 2.05) is 0 Å². The summed E-state index contributed by atoms with van der Waals surface area (Å²) in [7, 11) is 1.72. The summed E-state index contributed by atoms with van der Waals surface area (Å²) in [5.74, 6) is 0. The predicted octanol–water partition coefficient (Wildman–Crippen LogP) is 4.04. The van der Waals surface area contributed by atoms with E-state index in [1.54, 1.807) is 18.4 Å². The molecule has 0 atom stereocenters. The maximum Gasteiger partial charge on any atom is 0.176 e. The van der Waals surface area contributed by atoms with Gasteiger partial charge in [0, 0.05) is 10.4 Å². The van der Waals surface area contributed by atoms with Crippen molar-refractivity contribution in [3.63, 3.8) is 0 Å². The largest absolute Gasteiger partial charge is 0.487 e. The van der Waals surface area contributed by atoms with Crippen LogP contribution in [0, 0.1) is 13.8 Å². The van der Waals surface area contributed by atoms with Crippen molar-refractivity contribution in [2.45, 2.75) is 13.8 Å². The molecule has 2 rings (SSSR count). The summed E-state index contributed by atoms with van der Waals surface area (Å²) >= 11 is 1.70. The number of methoxy groups -OCH3 is 1. The topological polar surface area (TPSA) is 9.23 Å². The molecule has 0 amide bonds. The van der Waals surface area contributed by atoms with Gasteiger partial charge in [0.05, 0.1) is 7.11 Å². The van der Waals surface area contributed by atoms with Crippen LogP contribution in [-0.4, -0.2) is 7.11 Å². The standard InChI is InChI=1S/C13H14OS/c1-9-4-6-11(7-5-9)12-8-10(2)13(14-3)15-12/h4-8H,1-3H3. The minimum Gasteiger partial charge on any atom is -0.487 e. The Labute approximate surface area is 94.3 Å². The Hall–Kier alpha value is -1.28. The lowest BCUT2D eigenvalue weighted by atomic mass is 10.1. The van der Waals surface area contributed by atoms with Crippen molar-refractivity contribution in [2.75, 3.05) is 7.11 Å². The van der Waals surface area contributed by atoms with Crippen LogP contribution in [0.2, 0.25) is 0 Å². The molecule has 1 aromatic carbocycles. The molecule has 0 N–H and O–H groups in total. The molecule has 0 aliphatic heterocycles. The molecule has 0 aliphatic rings. The van der Waals surface area contributed by atoms with Gasteiger partial charge in [-0.3, -0.25) is 0 Å².